The summed E-state index contributed by atoms with van der Waals surface area (Å²) < 4.78 is 0. The predicted octanol–water partition coefficient (Wildman–Crippen LogP) is 1.71. The third kappa shape index (κ3) is 3.76. The summed E-state index contributed by atoms with van der Waals surface area (Å²) in [7, 11) is 0. The van der Waals surface area contributed by atoms with Crippen molar-refractivity contribution in [2.45, 2.75) is 26.3 Å². The van der Waals surface area contributed by atoms with E-state index in [0.717, 1.165) is 5.56 Å². The summed E-state index contributed by atoms with van der Waals surface area (Å²) in [5, 5.41) is 2.62. The summed E-state index contributed by atoms with van der Waals surface area (Å²) in [4.78, 5) is 23.1. The van der Waals surface area contributed by atoms with Crippen molar-refractivity contribution in [1.82, 2.24) is 5.32 Å². The molecule has 17 heavy (non-hydrogen) atoms. The maximum absolute atomic E-state index is 11.8. The Balaban J connectivity index is 2.74. The average Bonchev–Trinajstić information content (AvgIpc) is 2.29. The van der Waals surface area contributed by atoms with E-state index in [1.54, 1.807) is 12.1 Å². The van der Waals surface area contributed by atoms with E-state index >= 15 is 0 Å². The lowest BCUT2D eigenvalue weighted by Crippen LogP contribution is -2.39. The zero-order valence-corrected chi connectivity index (χ0v) is 9.99. The maximum Gasteiger partial charge on any atom is 0.251 e. The lowest BCUT2D eigenvalue weighted by molar-refractivity contribution is -0.118. The molecular formula is C14H15NO2. The van der Waals surface area contributed by atoms with Crippen LogP contribution in [-0.2, 0) is 4.79 Å². The highest BCUT2D eigenvalue weighted by molar-refractivity contribution is 5.97. The molecule has 0 heterocycles. The third-order valence-corrected chi connectivity index (χ3v) is 2.43. The highest BCUT2D eigenvalue weighted by Gasteiger charge is 2.16. The van der Waals surface area contributed by atoms with E-state index in [2.05, 4.69) is 11.2 Å². The lowest BCUT2D eigenvalue weighted by atomic mass is 10.1. The minimum atomic E-state index is -0.603. The quantitative estimate of drug-likeness (QED) is 0.799. The van der Waals surface area contributed by atoms with Crippen LogP contribution in [0.5, 0.6) is 0 Å². The van der Waals surface area contributed by atoms with Crippen molar-refractivity contribution >= 4 is 11.7 Å². The van der Waals surface area contributed by atoms with Gasteiger partial charge in [0.15, 0.2) is 5.78 Å². The van der Waals surface area contributed by atoms with Crippen molar-refractivity contribution in [3.63, 3.8) is 0 Å². The molecule has 3 heteroatoms. The fraction of sp³-hybridized carbons (Fsp3) is 0.286. The minimum Gasteiger partial charge on any atom is -0.341 e. The Morgan fingerprint density at radius 1 is 1.35 bits per heavy atom. The zero-order chi connectivity index (χ0) is 12.8. The van der Waals surface area contributed by atoms with E-state index in [1.165, 1.54) is 6.92 Å². The Kier molecular flexibility index (Phi) is 4.47. The van der Waals surface area contributed by atoms with Crippen molar-refractivity contribution < 1.29 is 9.59 Å². The van der Waals surface area contributed by atoms with E-state index in [4.69, 9.17) is 6.42 Å². The zero-order valence-electron chi connectivity index (χ0n) is 9.99. The van der Waals surface area contributed by atoms with E-state index in [-0.39, 0.29) is 18.1 Å². The Morgan fingerprint density at radius 3 is 2.41 bits per heavy atom. The molecule has 0 saturated carbocycles. The first-order valence-corrected chi connectivity index (χ1v) is 5.36. The molecule has 0 spiro atoms. The Hall–Kier alpha value is -2.08. The summed E-state index contributed by atoms with van der Waals surface area (Å²) in [6, 6.07) is 6.53. The predicted molar refractivity (Wildman–Crippen MR) is 66.6 cm³/mol. The summed E-state index contributed by atoms with van der Waals surface area (Å²) in [5.41, 5.74) is 1.60. The molecule has 1 aromatic rings. The van der Waals surface area contributed by atoms with Gasteiger partial charge in [0.2, 0.25) is 0 Å². The number of terminal acetylenes is 1. The van der Waals surface area contributed by atoms with E-state index in [9.17, 15) is 9.59 Å². The van der Waals surface area contributed by atoms with Gasteiger partial charge in [-0.3, -0.25) is 9.59 Å². The molecule has 3 nitrogen and oxygen atoms in total. The minimum absolute atomic E-state index is 0.136. The molecule has 1 aromatic carbocycles. The van der Waals surface area contributed by atoms with Gasteiger partial charge in [-0.1, -0.05) is 17.7 Å². The summed E-state index contributed by atoms with van der Waals surface area (Å²) in [6.45, 7) is 3.36. The van der Waals surface area contributed by atoms with Crippen LogP contribution in [0.2, 0.25) is 0 Å². The highest BCUT2D eigenvalue weighted by atomic mass is 16.2. The fourth-order valence-electron chi connectivity index (χ4n) is 1.36. The number of ketones is 1. The molecule has 88 valence electrons. The van der Waals surface area contributed by atoms with Gasteiger partial charge >= 0.3 is 0 Å². The maximum atomic E-state index is 11.8. The van der Waals surface area contributed by atoms with Gasteiger partial charge in [0.25, 0.3) is 5.91 Å². The molecule has 0 aliphatic heterocycles. The molecule has 0 fully saturated rings. The smallest absolute Gasteiger partial charge is 0.251 e. The summed E-state index contributed by atoms with van der Waals surface area (Å²) in [6.07, 6.45) is 5.36. The van der Waals surface area contributed by atoms with Gasteiger partial charge in [0.1, 0.15) is 0 Å². The van der Waals surface area contributed by atoms with Crippen LogP contribution in [0.3, 0.4) is 0 Å². The molecule has 0 bridgehead atoms. The number of carbonyl (C=O) groups is 2. The largest absolute Gasteiger partial charge is 0.341 e. The van der Waals surface area contributed by atoms with Crippen molar-refractivity contribution in [2.24, 2.45) is 0 Å². The number of hydrogen-bond acceptors (Lipinski definition) is 2. The Morgan fingerprint density at radius 2 is 1.94 bits per heavy atom. The van der Waals surface area contributed by atoms with Gasteiger partial charge in [0, 0.05) is 12.0 Å². The third-order valence-electron chi connectivity index (χ3n) is 2.43. The fourth-order valence-corrected chi connectivity index (χ4v) is 1.36. The first kappa shape index (κ1) is 13.0. The summed E-state index contributed by atoms with van der Waals surface area (Å²) in [5.74, 6) is 1.97. The second-order valence-corrected chi connectivity index (χ2v) is 3.91. The number of rotatable bonds is 4. The van der Waals surface area contributed by atoms with Gasteiger partial charge in [-0.15, -0.1) is 12.3 Å². The van der Waals surface area contributed by atoms with Crippen molar-refractivity contribution in [3.05, 3.63) is 35.4 Å². The number of nitrogens with one attached hydrogen (secondary N) is 1. The Labute approximate surface area is 101 Å². The molecule has 1 atom stereocenters. The van der Waals surface area contributed by atoms with Crippen LogP contribution in [0.15, 0.2) is 24.3 Å². The van der Waals surface area contributed by atoms with E-state index < -0.39 is 6.04 Å². The van der Waals surface area contributed by atoms with Crippen LogP contribution in [0.4, 0.5) is 0 Å². The molecule has 0 aromatic heterocycles. The molecule has 0 radical (unpaired) electrons. The highest BCUT2D eigenvalue weighted by Crippen LogP contribution is 2.04. The number of benzene rings is 1. The van der Waals surface area contributed by atoms with Crippen molar-refractivity contribution in [2.75, 3.05) is 0 Å². The monoisotopic (exact) mass is 229 g/mol. The van der Waals surface area contributed by atoms with Gasteiger partial charge < -0.3 is 5.32 Å². The standard InChI is InChI=1S/C14H15NO2/c1-4-5-13(11(3)16)15-14(17)12-8-6-10(2)7-9-12/h1,6-9,13H,5H2,2-3H3,(H,15,17). The van der Waals surface area contributed by atoms with Gasteiger partial charge in [0.05, 0.1) is 6.04 Å². The lowest BCUT2D eigenvalue weighted by Gasteiger charge is -2.13. The van der Waals surface area contributed by atoms with Crippen molar-refractivity contribution in [3.8, 4) is 12.3 Å². The number of Topliss-reactive ketones (excluding diaryl/α,β-unsaturated/α-hetero) is 1. The molecule has 1 rings (SSSR count). The number of hydrogen-bond donors (Lipinski definition) is 1. The van der Waals surface area contributed by atoms with Crippen LogP contribution in [-0.4, -0.2) is 17.7 Å². The number of amides is 1. The first-order valence-electron chi connectivity index (χ1n) is 5.36. The molecule has 0 aliphatic rings. The molecule has 1 N–H and O–H groups in total. The van der Waals surface area contributed by atoms with Crippen molar-refractivity contribution in [1.29, 1.82) is 0 Å². The van der Waals surface area contributed by atoms with Crippen LogP contribution in [0, 0.1) is 19.3 Å². The molecule has 1 amide bonds. The van der Waals surface area contributed by atoms with E-state index in [0.29, 0.717) is 5.56 Å². The Bertz CT molecular complexity index is 454. The van der Waals surface area contributed by atoms with Gasteiger partial charge in [-0.05, 0) is 26.0 Å². The molecule has 0 saturated heterocycles. The second-order valence-electron chi connectivity index (χ2n) is 3.91. The van der Waals surface area contributed by atoms with Crippen LogP contribution in [0.1, 0.15) is 29.3 Å². The molecule has 0 aliphatic carbocycles. The van der Waals surface area contributed by atoms with Crippen LogP contribution < -0.4 is 5.32 Å². The van der Waals surface area contributed by atoms with Gasteiger partial charge in [-0.25, -0.2) is 0 Å². The van der Waals surface area contributed by atoms with Crippen LogP contribution in [0.25, 0.3) is 0 Å². The molecular weight excluding hydrogens is 214 g/mol. The number of carbonyl (C=O) groups excluding carboxylic acids is 2. The first-order chi connectivity index (χ1) is 8.04. The normalized spacial score (nSPS) is 11.4. The SMILES string of the molecule is C#CCC(NC(=O)c1ccc(C)cc1)C(C)=O. The second kappa shape index (κ2) is 5.86. The topological polar surface area (TPSA) is 46.2 Å². The summed E-state index contributed by atoms with van der Waals surface area (Å²) >= 11 is 0. The number of aryl methyl sites for hydroxylation is 1. The van der Waals surface area contributed by atoms with E-state index in [1.807, 2.05) is 19.1 Å². The molecule has 1 unspecified atom stereocenters. The van der Waals surface area contributed by atoms with Crippen LogP contribution >= 0.6 is 0 Å². The van der Waals surface area contributed by atoms with Gasteiger partial charge in [-0.2, -0.15) is 0 Å². The average molecular weight is 229 g/mol.